The molecule has 0 unspecified atom stereocenters. The highest BCUT2D eigenvalue weighted by Gasteiger charge is 2.54. The van der Waals surface area contributed by atoms with Crippen LogP contribution in [0.4, 0.5) is 4.79 Å². The molecule has 1 amide bonds. The molecule has 3 fully saturated rings. The Bertz CT molecular complexity index is 312. The molecule has 0 aromatic rings. The second kappa shape index (κ2) is 3.85. The first-order valence-electron chi connectivity index (χ1n) is 6.48. The fourth-order valence-electron chi connectivity index (χ4n) is 3.53. The van der Waals surface area contributed by atoms with Gasteiger partial charge in [0.25, 0.3) is 0 Å². The van der Waals surface area contributed by atoms with Crippen LogP contribution in [0.1, 0.15) is 12.8 Å². The van der Waals surface area contributed by atoms with Crippen molar-refractivity contribution in [1.29, 1.82) is 0 Å². The monoisotopic (exact) mass is 239 g/mol. The summed E-state index contributed by atoms with van der Waals surface area (Å²) >= 11 is 0. The molecule has 0 aliphatic carbocycles. The van der Waals surface area contributed by atoms with E-state index in [2.05, 4.69) is 16.8 Å². The number of piperidine rings is 1. The highest BCUT2D eigenvalue weighted by atomic mass is 16.4. The SMILES string of the molecule is CN1CCC(N2CC3(CN(C(=O)O)C3)C2)CC1. The number of hydrogen-bond donors (Lipinski definition) is 1. The number of carboxylic acid groups (broad SMARTS) is 1. The Morgan fingerprint density at radius 1 is 1.18 bits per heavy atom. The predicted molar refractivity (Wildman–Crippen MR) is 64.1 cm³/mol. The van der Waals surface area contributed by atoms with Crippen LogP contribution in [-0.4, -0.2) is 78.3 Å². The number of amides is 1. The van der Waals surface area contributed by atoms with Crippen LogP contribution >= 0.6 is 0 Å². The molecule has 1 N–H and O–H groups in total. The van der Waals surface area contributed by atoms with E-state index in [1.165, 1.54) is 30.8 Å². The summed E-state index contributed by atoms with van der Waals surface area (Å²) in [6.45, 7) is 6.15. The van der Waals surface area contributed by atoms with Gasteiger partial charge in [-0.2, -0.15) is 0 Å². The van der Waals surface area contributed by atoms with Crippen molar-refractivity contribution >= 4 is 6.09 Å². The molecule has 5 nitrogen and oxygen atoms in total. The molecule has 3 heterocycles. The molecule has 3 aliphatic heterocycles. The van der Waals surface area contributed by atoms with E-state index in [0.717, 1.165) is 32.2 Å². The molecule has 3 aliphatic rings. The van der Waals surface area contributed by atoms with Crippen LogP contribution in [0.25, 0.3) is 0 Å². The van der Waals surface area contributed by atoms with Gasteiger partial charge in [-0.3, -0.25) is 4.90 Å². The van der Waals surface area contributed by atoms with E-state index in [0.29, 0.717) is 5.41 Å². The first kappa shape index (κ1) is 11.3. The summed E-state index contributed by atoms with van der Waals surface area (Å²) in [5.74, 6) is 0. The van der Waals surface area contributed by atoms with Gasteiger partial charge in [-0.1, -0.05) is 0 Å². The van der Waals surface area contributed by atoms with Crippen molar-refractivity contribution in [3.63, 3.8) is 0 Å². The fourth-order valence-corrected chi connectivity index (χ4v) is 3.53. The Balaban J connectivity index is 1.45. The van der Waals surface area contributed by atoms with Crippen LogP contribution in [0.2, 0.25) is 0 Å². The summed E-state index contributed by atoms with van der Waals surface area (Å²) in [5.41, 5.74) is 0.321. The number of nitrogens with zero attached hydrogens (tertiary/aromatic N) is 3. The van der Waals surface area contributed by atoms with Crippen molar-refractivity contribution < 1.29 is 9.90 Å². The maximum Gasteiger partial charge on any atom is 0.407 e. The molecule has 3 rings (SSSR count). The van der Waals surface area contributed by atoms with Gasteiger partial charge in [-0.15, -0.1) is 0 Å². The lowest BCUT2D eigenvalue weighted by atomic mass is 9.72. The minimum absolute atomic E-state index is 0.321. The molecular weight excluding hydrogens is 218 g/mol. The highest BCUT2D eigenvalue weighted by Crippen LogP contribution is 2.41. The van der Waals surface area contributed by atoms with Crippen molar-refractivity contribution in [1.82, 2.24) is 14.7 Å². The number of rotatable bonds is 1. The van der Waals surface area contributed by atoms with E-state index < -0.39 is 6.09 Å². The number of carbonyl (C=O) groups is 1. The van der Waals surface area contributed by atoms with Gasteiger partial charge in [0.15, 0.2) is 0 Å². The minimum atomic E-state index is -0.756. The average Bonchev–Trinajstić information content (AvgIpc) is 2.15. The topological polar surface area (TPSA) is 47.0 Å². The molecule has 0 saturated carbocycles. The highest BCUT2D eigenvalue weighted by molar-refractivity contribution is 5.66. The number of likely N-dealkylation sites (tertiary alicyclic amines) is 3. The second-order valence-corrected chi connectivity index (χ2v) is 6.08. The van der Waals surface area contributed by atoms with Gasteiger partial charge in [0, 0.05) is 37.6 Å². The third kappa shape index (κ3) is 1.91. The normalized spacial score (nSPS) is 30.1. The van der Waals surface area contributed by atoms with Crippen molar-refractivity contribution in [3.8, 4) is 0 Å². The molecule has 96 valence electrons. The van der Waals surface area contributed by atoms with Gasteiger partial charge in [-0.25, -0.2) is 4.79 Å². The first-order valence-corrected chi connectivity index (χ1v) is 6.48. The fraction of sp³-hybridized carbons (Fsp3) is 0.917. The molecule has 0 aromatic carbocycles. The summed E-state index contributed by atoms with van der Waals surface area (Å²) in [6, 6.07) is 0.746. The van der Waals surface area contributed by atoms with E-state index in [1.807, 2.05) is 0 Å². The van der Waals surface area contributed by atoms with Gasteiger partial charge in [0.05, 0.1) is 0 Å². The molecule has 0 bridgehead atoms. The van der Waals surface area contributed by atoms with E-state index in [-0.39, 0.29) is 0 Å². The Hall–Kier alpha value is -0.810. The molecule has 1 spiro atoms. The van der Waals surface area contributed by atoms with Gasteiger partial charge < -0.3 is 14.9 Å². The van der Waals surface area contributed by atoms with E-state index in [1.54, 1.807) is 0 Å². The van der Waals surface area contributed by atoms with Crippen molar-refractivity contribution in [2.24, 2.45) is 5.41 Å². The zero-order valence-electron chi connectivity index (χ0n) is 10.4. The van der Waals surface area contributed by atoms with Crippen molar-refractivity contribution in [3.05, 3.63) is 0 Å². The smallest absolute Gasteiger partial charge is 0.407 e. The minimum Gasteiger partial charge on any atom is -0.465 e. The van der Waals surface area contributed by atoms with Crippen LogP contribution in [0, 0.1) is 5.41 Å². The third-order valence-corrected chi connectivity index (χ3v) is 4.60. The maximum atomic E-state index is 10.7. The van der Waals surface area contributed by atoms with E-state index in [9.17, 15) is 4.79 Å². The average molecular weight is 239 g/mol. The summed E-state index contributed by atoms with van der Waals surface area (Å²) in [4.78, 5) is 17.2. The maximum absolute atomic E-state index is 10.7. The Kier molecular flexibility index (Phi) is 2.56. The van der Waals surface area contributed by atoms with Crippen LogP contribution in [0.15, 0.2) is 0 Å². The molecule has 0 atom stereocenters. The summed E-state index contributed by atoms with van der Waals surface area (Å²) in [6.07, 6.45) is 1.79. The zero-order valence-corrected chi connectivity index (χ0v) is 10.4. The second-order valence-electron chi connectivity index (χ2n) is 6.08. The Morgan fingerprint density at radius 3 is 2.29 bits per heavy atom. The lowest BCUT2D eigenvalue weighted by Crippen LogP contribution is -2.74. The summed E-state index contributed by atoms with van der Waals surface area (Å²) < 4.78 is 0. The lowest BCUT2D eigenvalue weighted by molar-refractivity contribution is -0.124. The summed E-state index contributed by atoms with van der Waals surface area (Å²) in [5, 5.41) is 8.84. The van der Waals surface area contributed by atoms with Gasteiger partial charge in [-0.05, 0) is 33.0 Å². The Labute approximate surface area is 102 Å². The van der Waals surface area contributed by atoms with E-state index >= 15 is 0 Å². The molecular formula is C12H21N3O2. The molecule has 17 heavy (non-hydrogen) atoms. The zero-order chi connectivity index (χ0) is 12.0. The van der Waals surface area contributed by atoms with Crippen LogP contribution in [-0.2, 0) is 0 Å². The van der Waals surface area contributed by atoms with Crippen molar-refractivity contribution in [2.75, 3.05) is 46.3 Å². The first-order chi connectivity index (χ1) is 8.08. The largest absolute Gasteiger partial charge is 0.465 e. The molecule has 5 heteroatoms. The lowest BCUT2D eigenvalue weighted by Gasteiger charge is -2.61. The molecule has 0 aromatic heterocycles. The quantitative estimate of drug-likeness (QED) is 0.718. The van der Waals surface area contributed by atoms with Crippen LogP contribution in [0.5, 0.6) is 0 Å². The third-order valence-electron chi connectivity index (χ3n) is 4.60. The molecule has 0 radical (unpaired) electrons. The number of hydrogen-bond acceptors (Lipinski definition) is 3. The van der Waals surface area contributed by atoms with Crippen LogP contribution < -0.4 is 0 Å². The van der Waals surface area contributed by atoms with Gasteiger partial charge in [0.2, 0.25) is 0 Å². The van der Waals surface area contributed by atoms with Crippen LogP contribution in [0.3, 0.4) is 0 Å². The van der Waals surface area contributed by atoms with Crippen molar-refractivity contribution in [2.45, 2.75) is 18.9 Å². The standard InChI is InChI=1S/C12H21N3O2/c1-13-4-2-10(3-5-13)14-6-12(7-14)8-15(9-12)11(16)17/h10H,2-9H2,1H3,(H,16,17). The summed E-state index contributed by atoms with van der Waals surface area (Å²) in [7, 11) is 2.19. The van der Waals surface area contributed by atoms with Gasteiger partial charge >= 0.3 is 6.09 Å². The molecule has 3 saturated heterocycles. The van der Waals surface area contributed by atoms with E-state index in [4.69, 9.17) is 5.11 Å². The Morgan fingerprint density at radius 2 is 1.76 bits per heavy atom. The predicted octanol–water partition coefficient (Wildman–Crippen LogP) is 0.376. The van der Waals surface area contributed by atoms with Gasteiger partial charge in [0.1, 0.15) is 0 Å².